The van der Waals surface area contributed by atoms with Gasteiger partial charge in [-0.25, -0.2) is 0 Å². The fourth-order valence-electron chi connectivity index (χ4n) is 1.85. The number of methoxy groups -OCH3 is 1. The Hall–Kier alpha value is -1.95. The highest BCUT2D eigenvalue weighted by Crippen LogP contribution is 2.22. The zero-order valence-electron chi connectivity index (χ0n) is 11.3. The number of carbonyl (C=O) groups is 1. The van der Waals surface area contributed by atoms with Crippen molar-refractivity contribution in [2.24, 2.45) is 0 Å². The van der Waals surface area contributed by atoms with Gasteiger partial charge in [0.25, 0.3) is 5.69 Å². The van der Waals surface area contributed by atoms with E-state index in [1.807, 2.05) is 6.92 Å². The molecule has 1 N–H and O–H groups in total. The molecule has 0 amide bonds. The monoisotopic (exact) mass is 266 g/mol. The summed E-state index contributed by atoms with van der Waals surface area (Å²) in [6.07, 6.45) is 0.711. The quantitative estimate of drug-likeness (QED) is 0.485. The summed E-state index contributed by atoms with van der Waals surface area (Å²) in [5, 5.41) is 13.9. The maximum absolute atomic E-state index is 11.4. The molecule has 104 valence electrons. The molecule has 0 fully saturated rings. The molecule has 0 saturated heterocycles. The normalized spacial score (nSPS) is 13.6. The molecular weight excluding hydrogens is 248 g/mol. The number of nitro groups is 1. The number of non-ortho nitro benzene ring substituents is 1. The van der Waals surface area contributed by atoms with Crippen LogP contribution >= 0.6 is 0 Å². The molecular formula is C13H18N2O4. The van der Waals surface area contributed by atoms with E-state index in [2.05, 4.69) is 10.1 Å². The van der Waals surface area contributed by atoms with Crippen LogP contribution in [-0.4, -0.2) is 24.0 Å². The van der Waals surface area contributed by atoms with Gasteiger partial charge in [0.05, 0.1) is 12.0 Å². The maximum Gasteiger partial charge on any atom is 0.322 e. The zero-order valence-corrected chi connectivity index (χ0v) is 11.3. The van der Waals surface area contributed by atoms with Crippen LogP contribution in [-0.2, 0) is 9.53 Å². The molecule has 0 aromatic heterocycles. The summed E-state index contributed by atoms with van der Waals surface area (Å²) in [4.78, 5) is 21.7. The zero-order chi connectivity index (χ0) is 14.4. The van der Waals surface area contributed by atoms with Gasteiger partial charge in [0.15, 0.2) is 0 Å². The molecule has 0 heterocycles. The number of nitro benzene ring substituents is 1. The van der Waals surface area contributed by atoms with Crippen LogP contribution < -0.4 is 5.32 Å². The number of benzene rings is 1. The number of hydrogen-bond acceptors (Lipinski definition) is 5. The van der Waals surface area contributed by atoms with Gasteiger partial charge in [-0.05, 0) is 18.9 Å². The van der Waals surface area contributed by atoms with Crippen molar-refractivity contribution in [2.45, 2.75) is 32.4 Å². The summed E-state index contributed by atoms with van der Waals surface area (Å²) in [7, 11) is 1.33. The number of hydrogen-bond donors (Lipinski definition) is 1. The Morgan fingerprint density at radius 1 is 1.53 bits per heavy atom. The second-order valence-electron chi connectivity index (χ2n) is 4.22. The molecule has 0 bridgehead atoms. The van der Waals surface area contributed by atoms with Crippen LogP contribution in [0, 0.1) is 10.1 Å². The van der Waals surface area contributed by atoms with Gasteiger partial charge in [-0.15, -0.1) is 0 Å². The molecule has 0 radical (unpaired) electrons. The molecule has 6 nitrogen and oxygen atoms in total. The van der Waals surface area contributed by atoms with Gasteiger partial charge in [0.1, 0.15) is 6.04 Å². The molecule has 1 aromatic rings. The second kappa shape index (κ2) is 6.84. The highest BCUT2D eigenvalue weighted by molar-refractivity contribution is 5.75. The van der Waals surface area contributed by atoms with Crippen molar-refractivity contribution in [3.63, 3.8) is 0 Å². The van der Waals surface area contributed by atoms with E-state index in [0.717, 1.165) is 5.56 Å². The average molecular weight is 266 g/mol. The van der Waals surface area contributed by atoms with E-state index < -0.39 is 11.0 Å². The molecule has 0 aliphatic heterocycles. The van der Waals surface area contributed by atoms with E-state index in [1.165, 1.54) is 19.2 Å². The van der Waals surface area contributed by atoms with Gasteiger partial charge in [0.2, 0.25) is 0 Å². The van der Waals surface area contributed by atoms with Crippen LogP contribution in [0.15, 0.2) is 24.3 Å². The largest absolute Gasteiger partial charge is 0.468 e. The Morgan fingerprint density at radius 2 is 2.21 bits per heavy atom. The summed E-state index contributed by atoms with van der Waals surface area (Å²) in [6.45, 7) is 3.65. The van der Waals surface area contributed by atoms with Crippen LogP contribution in [0.25, 0.3) is 0 Å². The van der Waals surface area contributed by atoms with Gasteiger partial charge in [-0.1, -0.05) is 19.1 Å². The van der Waals surface area contributed by atoms with E-state index >= 15 is 0 Å². The van der Waals surface area contributed by atoms with Crippen molar-refractivity contribution < 1.29 is 14.5 Å². The van der Waals surface area contributed by atoms with E-state index in [4.69, 9.17) is 0 Å². The second-order valence-corrected chi connectivity index (χ2v) is 4.22. The first kappa shape index (κ1) is 15.1. The lowest BCUT2D eigenvalue weighted by molar-refractivity contribution is -0.384. The summed E-state index contributed by atoms with van der Waals surface area (Å²) in [5.74, 6) is -0.358. The van der Waals surface area contributed by atoms with E-state index in [-0.39, 0.29) is 17.7 Å². The average Bonchev–Trinajstić information content (AvgIpc) is 2.43. The van der Waals surface area contributed by atoms with Crippen molar-refractivity contribution in [3.8, 4) is 0 Å². The SMILES string of the molecule is CCC(N[C@@H](C)C(=O)OC)c1cccc([N+](=O)[O-])c1. The molecule has 0 aliphatic rings. The van der Waals surface area contributed by atoms with E-state index in [9.17, 15) is 14.9 Å². The lowest BCUT2D eigenvalue weighted by Crippen LogP contribution is -2.37. The maximum atomic E-state index is 11.4. The Morgan fingerprint density at radius 3 is 2.74 bits per heavy atom. The minimum absolute atomic E-state index is 0.0449. The summed E-state index contributed by atoms with van der Waals surface area (Å²) >= 11 is 0. The first-order valence-electron chi connectivity index (χ1n) is 6.07. The summed E-state index contributed by atoms with van der Waals surface area (Å²) in [6, 6.07) is 5.81. The minimum Gasteiger partial charge on any atom is -0.468 e. The number of esters is 1. The van der Waals surface area contributed by atoms with Crippen LogP contribution in [0.4, 0.5) is 5.69 Å². The third-order valence-corrected chi connectivity index (χ3v) is 2.90. The van der Waals surface area contributed by atoms with E-state index in [0.29, 0.717) is 6.42 Å². The number of ether oxygens (including phenoxy) is 1. The molecule has 0 saturated carbocycles. The Labute approximate surface area is 111 Å². The summed E-state index contributed by atoms with van der Waals surface area (Å²) < 4.78 is 4.65. The van der Waals surface area contributed by atoms with Crippen LogP contribution in [0.3, 0.4) is 0 Å². The standard InChI is InChI=1S/C13H18N2O4/c1-4-12(14-9(2)13(16)19-3)10-6-5-7-11(8-10)15(17)18/h5-9,12,14H,4H2,1-3H3/t9-,12?/m0/s1. The first-order chi connectivity index (χ1) is 8.99. The van der Waals surface area contributed by atoms with Gasteiger partial charge < -0.3 is 4.74 Å². The van der Waals surface area contributed by atoms with Crippen molar-refractivity contribution in [2.75, 3.05) is 7.11 Å². The van der Waals surface area contributed by atoms with Crippen molar-refractivity contribution in [3.05, 3.63) is 39.9 Å². The van der Waals surface area contributed by atoms with Gasteiger partial charge in [-0.2, -0.15) is 0 Å². The molecule has 0 aliphatic carbocycles. The Kier molecular flexibility index (Phi) is 5.44. The molecule has 2 atom stereocenters. The highest BCUT2D eigenvalue weighted by atomic mass is 16.6. The van der Waals surface area contributed by atoms with Crippen molar-refractivity contribution >= 4 is 11.7 Å². The number of nitrogens with one attached hydrogen (secondary N) is 1. The third-order valence-electron chi connectivity index (χ3n) is 2.90. The first-order valence-corrected chi connectivity index (χ1v) is 6.07. The Balaban J connectivity index is 2.88. The van der Waals surface area contributed by atoms with Crippen LogP contribution in [0.1, 0.15) is 31.9 Å². The third kappa shape index (κ3) is 4.03. The summed E-state index contributed by atoms with van der Waals surface area (Å²) in [5.41, 5.74) is 0.830. The van der Waals surface area contributed by atoms with E-state index in [1.54, 1.807) is 19.1 Å². The van der Waals surface area contributed by atoms with Crippen LogP contribution in [0.5, 0.6) is 0 Å². The fraction of sp³-hybridized carbons (Fsp3) is 0.462. The van der Waals surface area contributed by atoms with Gasteiger partial charge in [-0.3, -0.25) is 20.2 Å². The predicted octanol–water partition coefficient (Wildman–Crippen LogP) is 2.20. The molecule has 1 rings (SSSR count). The number of carbonyl (C=O) groups excluding carboxylic acids is 1. The number of nitrogens with zero attached hydrogens (tertiary/aromatic N) is 1. The number of rotatable bonds is 6. The molecule has 0 spiro atoms. The van der Waals surface area contributed by atoms with Crippen molar-refractivity contribution in [1.82, 2.24) is 5.32 Å². The Bertz CT molecular complexity index is 462. The van der Waals surface area contributed by atoms with Crippen LogP contribution in [0.2, 0.25) is 0 Å². The van der Waals surface area contributed by atoms with Gasteiger partial charge in [0, 0.05) is 18.2 Å². The lowest BCUT2D eigenvalue weighted by Gasteiger charge is -2.21. The predicted molar refractivity (Wildman–Crippen MR) is 70.7 cm³/mol. The lowest BCUT2D eigenvalue weighted by atomic mass is 10.0. The van der Waals surface area contributed by atoms with Crippen molar-refractivity contribution in [1.29, 1.82) is 0 Å². The minimum atomic E-state index is -0.464. The molecule has 1 aromatic carbocycles. The molecule has 1 unspecified atom stereocenters. The highest BCUT2D eigenvalue weighted by Gasteiger charge is 2.19. The fourth-order valence-corrected chi connectivity index (χ4v) is 1.85. The molecule has 19 heavy (non-hydrogen) atoms. The van der Waals surface area contributed by atoms with Gasteiger partial charge >= 0.3 is 5.97 Å². The topological polar surface area (TPSA) is 81.5 Å². The smallest absolute Gasteiger partial charge is 0.322 e. The molecule has 6 heteroatoms.